The smallest absolute Gasteiger partial charge is 0.270 e. The van der Waals surface area contributed by atoms with Crippen molar-refractivity contribution in [1.29, 1.82) is 0 Å². The molecule has 0 aliphatic rings. The van der Waals surface area contributed by atoms with Gasteiger partial charge in [0.1, 0.15) is 10.6 Å². The largest absolute Gasteiger partial charge is 0.495 e. The van der Waals surface area contributed by atoms with E-state index in [4.69, 9.17) is 27.9 Å². The third-order valence-corrected chi connectivity index (χ3v) is 6.14. The van der Waals surface area contributed by atoms with Crippen molar-refractivity contribution < 1.29 is 18.1 Å². The fourth-order valence-corrected chi connectivity index (χ4v) is 4.35. The zero-order chi connectivity index (χ0) is 23.3. The van der Waals surface area contributed by atoms with E-state index in [-0.39, 0.29) is 22.0 Å². The molecule has 0 bridgehead atoms. The first-order chi connectivity index (χ1) is 15.2. The SMILES string of the molecule is COc1ccccc1NS(=O)(=O)c1cc([N+](=O)[O-])ccc1N/N=C\c1ccc(Cl)cc1Cl. The molecule has 0 atom stereocenters. The first kappa shape index (κ1) is 23.3. The Morgan fingerprint density at radius 3 is 2.50 bits per heavy atom. The summed E-state index contributed by atoms with van der Waals surface area (Å²) in [6.07, 6.45) is 1.37. The highest BCUT2D eigenvalue weighted by molar-refractivity contribution is 7.93. The van der Waals surface area contributed by atoms with Gasteiger partial charge in [0.2, 0.25) is 0 Å². The van der Waals surface area contributed by atoms with Crippen LogP contribution < -0.4 is 14.9 Å². The van der Waals surface area contributed by atoms with E-state index in [2.05, 4.69) is 15.2 Å². The minimum atomic E-state index is -4.26. The summed E-state index contributed by atoms with van der Waals surface area (Å²) in [5.74, 6) is 0.284. The summed E-state index contributed by atoms with van der Waals surface area (Å²) in [5, 5.41) is 16.0. The fraction of sp³-hybridized carbons (Fsp3) is 0.0500. The molecule has 0 aliphatic heterocycles. The Balaban J connectivity index is 1.97. The first-order valence-electron chi connectivity index (χ1n) is 8.89. The average Bonchev–Trinajstić information content (AvgIpc) is 2.75. The highest BCUT2D eigenvalue weighted by atomic mass is 35.5. The number of ether oxygens (including phenoxy) is 1. The van der Waals surface area contributed by atoms with Gasteiger partial charge in [0.15, 0.2) is 0 Å². The number of halogens is 2. The number of hydrazone groups is 1. The van der Waals surface area contributed by atoms with Gasteiger partial charge < -0.3 is 4.74 Å². The fourth-order valence-electron chi connectivity index (χ4n) is 2.65. The van der Waals surface area contributed by atoms with Crippen LogP contribution in [0.25, 0.3) is 0 Å². The molecule has 0 fully saturated rings. The van der Waals surface area contributed by atoms with E-state index >= 15 is 0 Å². The van der Waals surface area contributed by atoms with Crippen LogP contribution in [0.2, 0.25) is 10.0 Å². The van der Waals surface area contributed by atoms with E-state index in [0.29, 0.717) is 15.6 Å². The molecule has 0 saturated carbocycles. The van der Waals surface area contributed by atoms with Crippen LogP contribution in [0.4, 0.5) is 17.1 Å². The number of rotatable bonds is 8. The number of nitro groups is 1. The zero-order valence-electron chi connectivity index (χ0n) is 16.5. The van der Waals surface area contributed by atoms with Crippen LogP contribution >= 0.6 is 23.2 Å². The lowest BCUT2D eigenvalue weighted by Crippen LogP contribution is -2.15. The molecule has 0 unspecified atom stereocenters. The summed E-state index contributed by atoms with van der Waals surface area (Å²) in [6.45, 7) is 0. The van der Waals surface area contributed by atoms with Gasteiger partial charge in [0, 0.05) is 22.7 Å². The monoisotopic (exact) mass is 494 g/mol. The Bertz CT molecular complexity index is 1300. The molecule has 3 aromatic rings. The summed E-state index contributed by atoms with van der Waals surface area (Å²) in [5.41, 5.74) is 2.91. The van der Waals surface area contributed by atoms with Crippen molar-refractivity contribution in [2.24, 2.45) is 5.10 Å². The summed E-state index contributed by atoms with van der Waals surface area (Å²) in [6, 6.07) is 14.5. The molecule has 0 saturated heterocycles. The molecule has 0 radical (unpaired) electrons. The Hall–Kier alpha value is -3.34. The highest BCUT2D eigenvalue weighted by Crippen LogP contribution is 2.31. The number of nitrogens with zero attached hydrogens (tertiary/aromatic N) is 2. The molecule has 3 rings (SSSR count). The molecular weight excluding hydrogens is 479 g/mol. The number of nitro benzene ring substituents is 1. The molecule has 0 heterocycles. The molecule has 0 aromatic heterocycles. The van der Waals surface area contributed by atoms with Crippen molar-refractivity contribution in [2.75, 3.05) is 17.3 Å². The standard InChI is InChI=1S/C20H16Cl2N4O5S/c1-31-19-5-3-2-4-17(19)25-32(29,30)20-11-15(26(27)28)8-9-18(20)24-23-12-13-6-7-14(21)10-16(13)22/h2-12,24-25H,1H3/b23-12-. The number of nitrogens with one attached hydrogen (secondary N) is 2. The maximum atomic E-state index is 13.1. The summed E-state index contributed by atoms with van der Waals surface area (Å²) >= 11 is 12.0. The van der Waals surface area contributed by atoms with Crippen molar-refractivity contribution in [3.8, 4) is 5.75 Å². The minimum Gasteiger partial charge on any atom is -0.495 e. The maximum Gasteiger partial charge on any atom is 0.270 e. The van der Waals surface area contributed by atoms with Gasteiger partial charge in [0.05, 0.1) is 34.6 Å². The Labute approximate surface area is 193 Å². The zero-order valence-corrected chi connectivity index (χ0v) is 18.8. The number of hydrogen-bond acceptors (Lipinski definition) is 7. The second-order valence-corrected chi connectivity index (χ2v) is 8.77. The van der Waals surface area contributed by atoms with Crippen LogP contribution in [0, 0.1) is 10.1 Å². The first-order valence-corrected chi connectivity index (χ1v) is 11.1. The van der Waals surface area contributed by atoms with E-state index in [1.54, 1.807) is 30.3 Å². The van der Waals surface area contributed by atoms with E-state index < -0.39 is 20.6 Å². The number of sulfonamides is 1. The van der Waals surface area contributed by atoms with Gasteiger partial charge in [-0.3, -0.25) is 20.3 Å². The maximum absolute atomic E-state index is 13.1. The molecule has 12 heteroatoms. The third-order valence-electron chi connectivity index (χ3n) is 4.17. The van der Waals surface area contributed by atoms with Gasteiger partial charge in [0.25, 0.3) is 15.7 Å². The lowest BCUT2D eigenvalue weighted by atomic mass is 10.2. The minimum absolute atomic E-state index is 0.0133. The van der Waals surface area contributed by atoms with Gasteiger partial charge >= 0.3 is 0 Å². The van der Waals surface area contributed by atoms with Crippen LogP contribution in [-0.2, 0) is 10.0 Å². The van der Waals surface area contributed by atoms with E-state index in [1.165, 1.54) is 31.5 Å². The predicted molar refractivity (Wildman–Crippen MR) is 125 cm³/mol. The Kier molecular flexibility index (Phi) is 7.18. The van der Waals surface area contributed by atoms with Gasteiger partial charge in [-0.25, -0.2) is 8.42 Å². The van der Waals surface area contributed by atoms with Gasteiger partial charge in [-0.1, -0.05) is 41.4 Å². The Morgan fingerprint density at radius 1 is 1.06 bits per heavy atom. The van der Waals surface area contributed by atoms with Crippen LogP contribution in [0.3, 0.4) is 0 Å². The van der Waals surface area contributed by atoms with Crippen molar-refractivity contribution in [1.82, 2.24) is 0 Å². The predicted octanol–water partition coefficient (Wildman–Crippen LogP) is 5.16. The molecule has 0 aliphatic carbocycles. The number of anilines is 2. The van der Waals surface area contributed by atoms with Gasteiger partial charge in [-0.05, 0) is 30.3 Å². The lowest BCUT2D eigenvalue weighted by Gasteiger charge is -2.14. The molecule has 166 valence electrons. The van der Waals surface area contributed by atoms with Crippen molar-refractivity contribution in [3.05, 3.63) is 86.4 Å². The van der Waals surface area contributed by atoms with Crippen molar-refractivity contribution >= 4 is 56.5 Å². The van der Waals surface area contributed by atoms with Gasteiger partial charge in [-0.15, -0.1) is 0 Å². The third kappa shape index (κ3) is 5.47. The van der Waals surface area contributed by atoms with E-state index in [1.807, 2.05) is 0 Å². The van der Waals surface area contributed by atoms with Crippen LogP contribution in [-0.4, -0.2) is 26.7 Å². The van der Waals surface area contributed by atoms with Crippen LogP contribution in [0.15, 0.2) is 70.7 Å². The quantitative estimate of drug-likeness (QED) is 0.253. The lowest BCUT2D eigenvalue weighted by molar-refractivity contribution is -0.385. The molecule has 0 amide bonds. The second kappa shape index (κ2) is 9.86. The molecule has 0 spiro atoms. The van der Waals surface area contributed by atoms with Crippen molar-refractivity contribution in [2.45, 2.75) is 4.90 Å². The number of methoxy groups -OCH3 is 1. The van der Waals surface area contributed by atoms with E-state index in [0.717, 1.165) is 12.1 Å². The summed E-state index contributed by atoms with van der Waals surface area (Å²) in [7, 11) is -2.86. The molecule has 32 heavy (non-hydrogen) atoms. The highest BCUT2D eigenvalue weighted by Gasteiger charge is 2.23. The normalized spacial score (nSPS) is 11.3. The number of para-hydroxylation sites is 2. The Morgan fingerprint density at radius 2 is 1.81 bits per heavy atom. The molecular formula is C20H16Cl2N4O5S. The molecule has 3 aromatic carbocycles. The van der Waals surface area contributed by atoms with Crippen LogP contribution in [0.1, 0.15) is 5.56 Å². The average molecular weight is 495 g/mol. The molecule has 9 nitrogen and oxygen atoms in total. The summed E-state index contributed by atoms with van der Waals surface area (Å²) in [4.78, 5) is 10.1. The number of benzene rings is 3. The number of hydrogen-bond donors (Lipinski definition) is 2. The molecule has 2 N–H and O–H groups in total. The van der Waals surface area contributed by atoms with Crippen LogP contribution in [0.5, 0.6) is 5.75 Å². The van der Waals surface area contributed by atoms with Gasteiger partial charge in [-0.2, -0.15) is 5.10 Å². The topological polar surface area (TPSA) is 123 Å². The summed E-state index contributed by atoms with van der Waals surface area (Å²) < 4.78 is 33.7. The number of non-ortho nitro benzene ring substituents is 1. The van der Waals surface area contributed by atoms with Crippen molar-refractivity contribution in [3.63, 3.8) is 0 Å². The second-order valence-electron chi connectivity index (χ2n) is 6.28. The van der Waals surface area contributed by atoms with E-state index in [9.17, 15) is 18.5 Å².